The van der Waals surface area contributed by atoms with Crippen molar-refractivity contribution in [3.63, 3.8) is 0 Å². The molecule has 4 rings (SSSR count). The first-order valence-corrected chi connectivity index (χ1v) is 11.6. The average Bonchev–Trinajstić information content (AvgIpc) is 3.33. The Morgan fingerprint density at radius 1 is 1.38 bits per heavy atom. The van der Waals surface area contributed by atoms with E-state index in [0.29, 0.717) is 35.4 Å². The predicted molar refractivity (Wildman–Crippen MR) is 130 cm³/mol. The maximum Gasteiger partial charge on any atom is 0.285 e. The second kappa shape index (κ2) is 11.0. The molecule has 1 aliphatic heterocycles. The van der Waals surface area contributed by atoms with Crippen LogP contribution in [0.2, 0.25) is 0 Å². The third-order valence-electron chi connectivity index (χ3n) is 6.12. The number of fused-ring (bicyclic) bond motifs is 1. The number of aromatic nitrogens is 3. The lowest BCUT2D eigenvalue weighted by atomic mass is 10.0. The maximum atomic E-state index is 14.8. The van der Waals surface area contributed by atoms with E-state index in [1.54, 1.807) is 30.5 Å². The molecule has 1 aromatic carbocycles. The van der Waals surface area contributed by atoms with Gasteiger partial charge in [-0.1, -0.05) is 6.07 Å². The van der Waals surface area contributed by atoms with Crippen molar-refractivity contribution >= 4 is 28.7 Å². The first kappa shape index (κ1) is 26.1. The highest BCUT2D eigenvalue weighted by Crippen LogP contribution is 2.36. The topological polar surface area (TPSA) is 140 Å². The van der Waals surface area contributed by atoms with Crippen LogP contribution in [-0.4, -0.2) is 82.5 Å². The van der Waals surface area contributed by atoms with Crippen LogP contribution in [0.3, 0.4) is 0 Å². The Kier molecular flexibility index (Phi) is 7.76. The van der Waals surface area contributed by atoms with Gasteiger partial charge in [0.2, 0.25) is 17.7 Å². The first-order valence-electron chi connectivity index (χ1n) is 11.6. The van der Waals surface area contributed by atoms with Crippen LogP contribution >= 0.6 is 0 Å². The molecule has 11 nitrogen and oxygen atoms in total. The number of likely N-dealkylation sites (tertiary alicyclic amines) is 1. The van der Waals surface area contributed by atoms with Crippen molar-refractivity contribution in [3.8, 4) is 17.0 Å². The highest BCUT2D eigenvalue weighted by Gasteiger charge is 2.46. The molecule has 1 aliphatic rings. The SMILES string of the molecule is COc1nc(N[C@@H]2CCN(C(=O)CO)CC2(F)F)nn2ccc(-c3ccc(N=N)c(NCCCF)c3)c12. The van der Waals surface area contributed by atoms with Gasteiger partial charge in [0, 0.05) is 24.8 Å². The molecule has 2 aromatic heterocycles. The molecule has 14 heteroatoms. The van der Waals surface area contributed by atoms with E-state index >= 15 is 0 Å². The minimum Gasteiger partial charge on any atom is -0.479 e. The number of halogens is 3. The van der Waals surface area contributed by atoms with E-state index in [-0.39, 0.29) is 24.8 Å². The second-order valence-corrected chi connectivity index (χ2v) is 8.50. The Hall–Kier alpha value is -3.94. The third-order valence-corrected chi connectivity index (χ3v) is 6.12. The monoisotopic (exact) mass is 520 g/mol. The Balaban J connectivity index is 1.63. The molecule has 0 bridgehead atoms. The van der Waals surface area contributed by atoms with Gasteiger partial charge in [0.25, 0.3) is 5.92 Å². The van der Waals surface area contributed by atoms with Gasteiger partial charge in [-0.05, 0) is 36.6 Å². The van der Waals surface area contributed by atoms with Crippen molar-refractivity contribution < 1.29 is 27.8 Å². The van der Waals surface area contributed by atoms with Gasteiger partial charge in [0.1, 0.15) is 17.8 Å². The van der Waals surface area contributed by atoms with Gasteiger partial charge in [-0.2, -0.15) is 10.1 Å². The number of ether oxygens (including phenoxy) is 1. The predicted octanol–water partition coefficient (Wildman–Crippen LogP) is 3.48. The molecular formula is C23H27F3N8O3. The number of piperidine rings is 1. The maximum absolute atomic E-state index is 14.8. The number of methoxy groups -OCH3 is 1. The van der Waals surface area contributed by atoms with Gasteiger partial charge >= 0.3 is 0 Å². The summed E-state index contributed by atoms with van der Waals surface area (Å²) in [5.41, 5.74) is 10.3. The fraction of sp³-hybridized carbons (Fsp3) is 0.435. The zero-order chi connectivity index (χ0) is 26.6. The second-order valence-electron chi connectivity index (χ2n) is 8.50. The Morgan fingerprint density at radius 2 is 2.19 bits per heavy atom. The van der Waals surface area contributed by atoms with Gasteiger partial charge in [-0.3, -0.25) is 9.18 Å². The summed E-state index contributed by atoms with van der Waals surface area (Å²) in [6.07, 6.45) is 1.88. The molecule has 0 unspecified atom stereocenters. The molecule has 3 aromatic rings. The van der Waals surface area contributed by atoms with Crippen molar-refractivity contribution in [2.45, 2.75) is 24.8 Å². The van der Waals surface area contributed by atoms with E-state index in [4.69, 9.17) is 15.4 Å². The zero-order valence-corrected chi connectivity index (χ0v) is 20.0. The van der Waals surface area contributed by atoms with Crippen molar-refractivity contribution in [3.05, 3.63) is 30.5 Å². The number of aliphatic hydroxyl groups excluding tert-OH is 1. The lowest BCUT2D eigenvalue weighted by molar-refractivity contribution is -0.145. The summed E-state index contributed by atoms with van der Waals surface area (Å²) >= 11 is 0. The van der Waals surface area contributed by atoms with E-state index in [2.05, 4.69) is 25.8 Å². The summed E-state index contributed by atoms with van der Waals surface area (Å²) in [5.74, 6) is -3.94. The number of rotatable bonds is 10. The molecule has 198 valence electrons. The van der Waals surface area contributed by atoms with Crippen molar-refractivity contribution in [1.29, 1.82) is 5.53 Å². The molecule has 1 atom stereocenters. The smallest absolute Gasteiger partial charge is 0.285 e. The molecule has 1 saturated heterocycles. The van der Waals surface area contributed by atoms with Gasteiger partial charge in [0.05, 0.1) is 32.1 Å². The number of alkyl halides is 3. The number of anilines is 2. The zero-order valence-electron chi connectivity index (χ0n) is 20.0. The van der Waals surface area contributed by atoms with Gasteiger partial charge in [-0.15, -0.1) is 5.10 Å². The highest BCUT2D eigenvalue weighted by molar-refractivity contribution is 5.87. The van der Waals surface area contributed by atoms with Gasteiger partial charge in [-0.25, -0.2) is 18.8 Å². The molecule has 0 saturated carbocycles. The minimum absolute atomic E-state index is 0.0575. The molecular weight excluding hydrogens is 493 g/mol. The summed E-state index contributed by atoms with van der Waals surface area (Å²) in [6, 6.07) is 5.63. The van der Waals surface area contributed by atoms with E-state index in [1.165, 1.54) is 11.6 Å². The number of nitrogens with zero attached hydrogens (tertiary/aromatic N) is 5. The van der Waals surface area contributed by atoms with E-state index in [1.807, 2.05) is 0 Å². The highest BCUT2D eigenvalue weighted by atomic mass is 19.3. The van der Waals surface area contributed by atoms with E-state index in [0.717, 1.165) is 10.5 Å². The van der Waals surface area contributed by atoms with Crippen molar-refractivity contribution in [2.75, 3.05) is 50.7 Å². The summed E-state index contributed by atoms with van der Waals surface area (Å²) in [6.45, 7) is -1.68. The van der Waals surface area contributed by atoms with Crippen LogP contribution in [0.25, 0.3) is 16.6 Å². The number of nitrogens with one attached hydrogen (secondary N) is 3. The van der Waals surface area contributed by atoms with Crippen LogP contribution in [0.4, 0.5) is 30.5 Å². The van der Waals surface area contributed by atoms with Crippen molar-refractivity contribution in [2.24, 2.45) is 5.11 Å². The normalized spacial score (nSPS) is 17.0. The summed E-state index contributed by atoms with van der Waals surface area (Å²) in [4.78, 5) is 16.9. The van der Waals surface area contributed by atoms with Crippen LogP contribution in [0.5, 0.6) is 5.88 Å². The summed E-state index contributed by atoms with van der Waals surface area (Å²) < 4.78 is 49.0. The Morgan fingerprint density at radius 3 is 2.86 bits per heavy atom. The first-order chi connectivity index (χ1) is 17.8. The Labute approximate surface area is 210 Å². The number of carbonyl (C=O) groups excluding carboxylic acids is 1. The number of hydrogen-bond acceptors (Lipinski definition) is 9. The third kappa shape index (κ3) is 5.43. The number of carbonyl (C=O) groups is 1. The average molecular weight is 521 g/mol. The lowest BCUT2D eigenvalue weighted by Gasteiger charge is -2.38. The molecule has 0 aliphatic carbocycles. The fourth-order valence-electron chi connectivity index (χ4n) is 4.25. The van der Waals surface area contributed by atoms with Gasteiger partial charge < -0.3 is 25.4 Å². The van der Waals surface area contributed by atoms with Crippen LogP contribution in [0.15, 0.2) is 35.6 Å². The number of amides is 1. The fourth-order valence-corrected chi connectivity index (χ4v) is 4.25. The molecule has 4 N–H and O–H groups in total. The summed E-state index contributed by atoms with van der Waals surface area (Å²) in [7, 11) is 1.41. The molecule has 0 radical (unpaired) electrons. The molecule has 0 spiro atoms. The molecule has 3 heterocycles. The number of aliphatic hydroxyl groups is 1. The molecule has 37 heavy (non-hydrogen) atoms. The largest absolute Gasteiger partial charge is 0.479 e. The lowest BCUT2D eigenvalue weighted by Crippen LogP contribution is -2.56. The molecule has 1 fully saturated rings. The van der Waals surface area contributed by atoms with Crippen LogP contribution in [-0.2, 0) is 4.79 Å². The van der Waals surface area contributed by atoms with Crippen LogP contribution in [0.1, 0.15) is 12.8 Å². The number of benzene rings is 1. The quantitative estimate of drug-likeness (QED) is 0.237. The number of hydrogen-bond donors (Lipinski definition) is 4. The van der Waals surface area contributed by atoms with Crippen molar-refractivity contribution in [1.82, 2.24) is 19.5 Å². The van der Waals surface area contributed by atoms with E-state index < -0.39 is 37.7 Å². The van der Waals surface area contributed by atoms with Crippen LogP contribution in [0, 0.1) is 5.53 Å². The van der Waals surface area contributed by atoms with Gasteiger partial charge in [0.15, 0.2) is 0 Å². The Bertz CT molecular complexity index is 1290. The van der Waals surface area contributed by atoms with E-state index in [9.17, 15) is 18.0 Å². The molecule has 1 amide bonds. The van der Waals surface area contributed by atoms with Crippen LogP contribution < -0.4 is 15.4 Å². The minimum atomic E-state index is -3.27. The summed E-state index contributed by atoms with van der Waals surface area (Å²) in [5, 5.41) is 22.6. The standard InChI is InChI=1S/C23H27F3N8O3/c1-37-21-20-15(14-3-4-16(31-27)17(11-14)28-8-2-7-24)5-10-34(20)32-22(30-21)29-18-6-9-33(19(36)12-35)13-23(18,25)26/h3-5,10-11,18,27-28,35H,2,6-9,12-13H2,1H3,(H,29,32)/t18-/m1/s1.